The van der Waals surface area contributed by atoms with Gasteiger partial charge in [-0.25, -0.2) is 4.79 Å². The van der Waals surface area contributed by atoms with Gasteiger partial charge in [0.25, 0.3) is 0 Å². The van der Waals surface area contributed by atoms with E-state index in [1.165, 1.54) is 32.5 Å². The van der Waals surface area contributed by atoms with Crippen molar-refractivity contribution >= 4 is 27.5 Å². The van der Waals surface area contributed by atoms with Crippen LogP contribution < -0.4 is 16.0 Å². The summed E-state index contributed by atoms with van der Waals surface area (Å²) in [4.78, 5) is 13.3. The average molecular weight is 482 g/mol. The molecule has 186 valence electrons. The Kier molecular flexibility index (Phi) is 15.4. The first-order valence-electron chi connectivity index (χ1n) is 12.5. The van der Waals surface area contributed by atoms with E-state index in [0.29, 0.717) is 19.1 Å². The molecule has 34 heavy (non-hydrogen) atoms. The molecule has 5 heteroatoms. The number of thiophene rings is 1. The third-order valence-corrected chi connectivity index (χ3v) is 5.98. The number of hydrogen-bond donors (Lipinski definition) is 3. The van der Waals surface area contributed by atoms with Gasteiger partial charge in [0, 0.05) is 35.3 Å². The fraction of sp³-hybridized carbons (Fsp3) is 0.414. The van der Waals surface area contributed by atoms with Crippen LogP contribution in [0, 0.1) is 0 Å². The van der Waals surface area contributed by atoms with Crippen LogP contribution in [0.25, 0.3) is 10.1 Å². The van der Waals surface area contributed by atoms with Crippen LogP contribution in [-0.4, -0.2) is 25.2 Å². The second kappa shape index (κ2) is 17.8. The first-order valence-corrected chi connectivity index (χ1v) is 13.3. The normalized spacial score (nSPS) is 13.5. The van der Waals surface area contributed by atoms with Crippen LogP contribution in [0.3, 0.4) is 0 Å². The standard InChI is InChI=1S/C21H23N3OS.C3H8.C3H6.C2H6/c25-21(22-10-9-19-12-16-6-3-4-8-20(16)26-19)24-14-18-11-15-5-1-2-7-17(15)13-23-18;2*1-3-2;1-2/h1-8,12,18,23H,9-11,13-14H2,(H2,22,24,25);3H2,1-2H3;3H,1H2,2H3;1-2H3/t18-;;;/m0.../s1. The smallest absolute Gasteiger partial charge is 0.314 e. The Hall–Kier alpha value is -2.63. The Labute approximate surface area is 210 Å². The van der Waals surface area contributed by atoms with Crippen molar-refractivity contribution in [2.24, 2.45) is 0 Å². The van der Waals surface area contributed by atoms with E-state index in [2.05, 4.69) is 91.0 Å². The average Bonchev–Trinajstić information content (AvgIpc) is 3.28. The third-order valence-electron chi connectivity index (χ3n) is 4.81. The lowest BCUT2D eigenvalue weighted by molar-refractivity contribution is 0.239. The molecule has 1 aromatic heterocycles. The molecule has 0 bridgehead atoms. The van der Waals surface area contributed by atoms with Crippen molar-refractivity contribution < 1.29 is 4.79 Å². The van der Waals surface area contributed by atoms with Crippen LogP contribution in [0.5, 0.6) is 0 Å². The second-order valence-electron chi connectivity index (χ2n) is 7.80. The number of rotatable bonds is 5. The van der Waals surface area contributed by atoms with Gasteiger partial charge in [-0.15, -0.1) is 17.9 Å². The number of carbonyl (C=O) groups excluding carboxylic acids is 1. The molecule has 4 rings (SSSR count). The van der Waals surface area contributed by atoms with E-state index < -0.39 is 0 Å². The summed E-state index contributed by atoms with van der Waals surface area (Å²) in [5.41, 5.74) is 2.74. The van der Waals surface area contributed by atoms with Crippen molar-refractivity contribution in [2.45, 2.75) is 66.5 Å². The Morgan fingerprint density at radius 1 is 1.09 bits per heavy atom. The third kappa shape index (κ3) is 10.5. The number of hydrogen-bond acceptors (Lipinski definition) is 3. The zero-order valence-electron chi connectivity index (χ0n) is 21.6. The topological polar surface area (TPSA) is 53.2 Å². The maximum atomic E-state index is 12.0. The van der Waals surface area contributed by atoms with Gasteiger partial charge in [0.2, 0.25) is 0 Å². The number of carbonyl (C=O) groups is 1. The molecule has 3 N–H and O–H groups in total. The highest BCUT2D eigenvalue weighted by Gasteiger charge is 2.17. The number of nitrogens with one attached hydrogen (secondary N) is 3. The van der Waals surface area contributed by atoms with Gasteiger partial charge in [0.1, 0.15) is 0 Å². The molecule has 1 atom stereocenters. The zero-order valence-corrected chi connectivity index (χ0v) is 22.4. The molecule has 0 unspecified atom stereocenters. The second-order valence-corrected chi connectivity index (χ2v) is 8.97. The Balaban J connectivity index is 0.000000643. The van der Waals surface area contributed by atoms with Gasteiger partial charge >= 0.3 is 6.03 Å². The molecule has 0 spiro atoms. The lowest BCUT2D eigenvalue weighted by atomic mass is 9.96. The van der Waals surface area contributed by atoms with Gasteiger partial charge in [0.05, 0.1) is 0 Å². The molecule has 4 nitrogen and oxygen atoms in total. The summed E-state index contributed by atoms with van der Waals surface area (Å²) < 4.78 is 1.30. The van der Waals surface area contributed by atoms with Gasteiger partial charge in [-0.1, -0.05) is 82.7 Å². The Morgan fingerprint density at radius 3 is 2.38 bits per heavy atom. The van der Waals surface area contributed by atoms with Crippen LogP contribution >= 0.6 is 11.3 Å². The molecular formula is C29H43N3OS. The van der Waals surface area contributed by atoms with Crippen molar-refractivity contribution in [1.82, 2.24) is 16.0 Å². The summed E-state index contributed by atoms with van der Waals surface area (Å²) in [5.74, 6) is 0. The fourth-order valence-electron chi connectivity index (χ4n) is 3.40. The van der Waals surface area contributed by atoms with E-state index in [-0.39, 0.29) is 6.03 Å². The molecule has 0 aliphatic carbocycles. The van der Waals surface area contributed by atoms with Crippen LogP contribution in [-0.2, 0) is 19.4 Å². The first kappa shape index (κ1) is 29.4. The van der Waals surface area contributed by atoms with E-state index >= 15 is 0 Å². The van der Waals surface area contributed by atoms with Crippen molar-refractivity contribution in [1.29, 1.82) is 0 Å². The minimum atomic E-state index is -0.0910. The summed E-state index contributed by atoms with van der Waals surface area (Å²) in [6.45, 7) is 15.7. The quantitative estimate of drug-likeness (QED) is 0.341. The molecule has 3 aromatic rings. The number of amides is 2. The molecule has 0 saturated heterocycles. The number of allylic oxidation sites excluding steroid dienone is 1. The SMILES string of the molecule is C=CC.CC.CCC.O=C(NCCc1cc2ccccc2s1)NC[C@@H]1Cc2ccccc2CN1. The van der Waals surface area contributed by atoms with Gasteiger partial charge in [-0.2, -0.15) is 0 Å². The van der Waals surface area contributed by atoms with Crippen molar-refractivity contribution in [3.8, 4) is 0 Å². The van der Waals surface area contributed by atoms with Crippen molar-refractivity contribution in [2.75, 3.05) is 13.1 Å². The van der Waals surface area contributed by atoms with E-state index in [0.717, 1.165) is 19.4 Å². The lowest BCUT2D eigenvalue weighted by Gasteiger charge is -2.26. The highest BCUT2D eigenvalue weighted by Crippen LogP contribution is 2.25. The van der Waals surface area contributed by atoms with Crippen molar-refractivity contribution in [3.05, 3.63) is 83.3 Å². The minimum Gasteiger partial charge on any atom is -0.338 e. The maximum absolute atomic E-state index is 12.0. The summed E-state index contributed by atoms with van der Waals surface area (Å²) in [6.07, 6.45) is 4.82. The fourth-order valence-corrected chi connectivity index (χ4v) is 4.47. The van der Waals surface area contributed by atoms with Crippen molar-refractivity contribution in [3.63, 3.8) is 0 Å². The molecule has 1 aliphatic heterocycles. The van der Waals surface area contributed by atoms with Crippen LogP contribution in [0.4, 0.5) is 4.79 Å². The first-order chi connectivity index (χ1) is 16.6. The predicted molar refractivity (Wildman–Crippen MR) is 151 cm³/mol. The predicted octanol–water partition coefficient (Wildman–Crippen LogP) is 7.09. The molecule has 2 heterocycles. The Morgan fingerprint density at radius 2 is 1.71 bits per heavy atom. The van der Waals surface area contributed by atoms with E-state index in [9.17, 15) is 4.79 Å². The summed E-state index contributed by atoms with van der Waals surface area (Å²) in [5, 5.41) is 10.7. The number of urea groups is 1. The summed E-state index contributed by atoms with van der Waals surface area (Å²) >= 11 is 1.80. The molecule has 1 aliphatic rings. The van der Waals surface area contributed by atoms with Gasteiger partial charge < -0.3 is 16.0 Å². The monoisotopic (exact) mass is 481 g/mol. The van der Waals surface area contributed by atoms with Crippen LogP contribution in [0.2, 0.25) is 0 Å². The van der Waals surface area contributed by atoms with Gasteiger partial charge in [0.15, 0.2) is 0 Å². The van der Waals surface area contributed by atoms with Gasteiger partial charge in [-0.05, 0) is 48.4 Å². The number of fused-ring (bicyclic) bond motifs is 2. The highest BCUT2D eigenvalue weighted by molar-refractivity contribution is 7.19. The molecule has 2 amide bonds. The lowest BCUT2D eigenvalue weighted by Crippen LogP contribution is -2.47. The van der Waals surface area contributed by atoms with Gasteiger partial charge in [-0.3, -0.25) is 0 Å². The van der Waals surface area contributed by atoms with Crippen LogP contribution in [0.1, 0.15) is 57.0 Å². The maximum Gasteiger partial charge on any atom is 0.314 e. The van der Waals surface area contributed by atoms with Crippen LogP contribution in [0.15, 0.2) is 67.3 Å². The molecule has 2 aromatic carbocycles. The van der Waals surface area contributed by atoms with E-state index in [1.54, 1.807) is 17.4 Å². The largest absolute Gasteiger partial charge is 0.338 e. The highest BCUT2D eigenvalue weighted by atomic mass is 32.1. The molecule has 0 radical (unpaired) electrons. The molecular weight excluding hydrogens is 438 g/mol. The zero-order chi connectivity index (χ0) is 25.2. The molecule has 0 fully saturated rings. The Bertz CT molecular complexity index is 934. The number of benzene rings is 2. The van der Waals surface area contributed by atoms with E-state index in [4.69, 9.17) is 0 Å². The molecule has 0 saturated carbocycles. The summed E-state index contributed by atoms with van der Waals surface area (Å²) in [7, 11) is 0. The minimum absolute atomic E-state index is 0.0910. The summed E-state index contributed by atoms with van der Waals surface area (Å²) in [6, 6.07) is 19.3. The van der Waals surface area contributed by atoms with E-state index in [1.807, 2.05) is 20.8 Å².